The number of nitrogens with zero attached hydrogens (tertiary/aromatic N) is 2. The molecule has 1 aromatic heterocycles. The first kappa shape index (κ1) is 26.5. The van der Waals surface area contributed by atoms with Crippen LogP contribution >= 0.6 is 0 Å². The van der Waals surface area contributed by atoms with Crippen LogP contribution in [0.2, 0.25) is 0 Å². The van der Waals surface area contributed by atoms with Crippen molar-refractivity contribution < 1.29 is 28.8 Å². The second kappa shape index (κ2) is 11.2. The Kier molecular flexibility index (Phi) is 7.81. The van der Waals surface area contributed by atoms with Gasteiger partial charge in [0, 0.05) is 58.9 Å². The van der Waals surface area contributed by atoms with Gasteiger partial charge in [0.15, 0.2) is 5.78 Å². The Hall–Kier alpha value is -4.59. The van der Waals surface area contributed by atoms with Crippen LogP contribution in [0.25, 0.3) is 21.8 Å². The van der Waals surface area contributed by atoms with E-state index in [1.165, 1.54) is 13.8 Å². The summed E-state index contributed by atoms with van der Waals surface area (Å²) in [7, 11) is 0. The zero-order valence-corrected chi connectivity index (χ0v) is 21.7. The number of benzene rings is 3. The number of hydrogen-bond acceptors (Lipinski definition) is 7. The van der Waals surface area contributed by atoms with Crippen LogP contribution in [0.3, 0.4) is 0 Å². The van der Waals surface area contributed by atoms with Crippen molar-refractivity contribution in [1.29, 1.82) is 0 Å². The summed E-state index contributed by atoms with van der Waals surface area (Å²) in [6, 6.07) is 17.4. The van der Waals surface area contributed by atoms with Gasteiger partial charge in [0.2, 0.25) is 5.78 Å². The maximum Gasteiger partial charge on any atom is 0.331 e. The quantitative estimate of drug-likeness (QED) is 0.0693. The highest BCUT2D eigenvalue weighted by Gasteiger charge is 2.19. The first-order valence-corrected chi connectivity index (χ1v) is 12.4. The van der Waals surface area contributed by atoms with Crippen molar-refractivity contribution in [2.24, 2.45) is 5.16 Å². The fourth-order valence-electron chi connectivity index (χ4n) is 4.46. The predicted molar refractivity (Wildman–Crippen MR) is 145 cm³/mol. The Labute approximate surface area is 219 Å². The lowest BCUT2D eigenvalue weighted by Crippen LogP contribution is -2.15. The molecule has 0 radical (unpaired) electrons. The zero-order valence-electron chi connectivity index (χ0n) is 21.7. The molecule has 0 aliphatic carbocycles. The van der Waals surface area contributed by atoms with E-state index in [1.807, 2.05) is 32.0 Å². The van der Waals surface area contributed by atoms with Gasteiger partial charge in [-0.15, -0.1) is 0 Å². The van der Waals surface area contributed by atoms with E-state index in [1.54, 1.807) is 42.5 Å². The van der Waals surface area contributed by atoms with Crippen LogP contribution in [0.5, 0.6) is 5.75 Å². The molecule has 0 unspecified atom stereocenters. The molecule has 0 N–H and O–H groups in total. The van der Waals surface area contributed by atoms with Gasteiger partial charge in [-0.25, -0.2) is 4.79 Å². The normalized spacial score (nSPS) is 11.5. The van der Waals surface area contributed by atoms with Crippen LogP contribution < -0.4 is 4.74 Å². The molecule has 0 spiro atoms. The van der Waals surface area contributed by atoms with Crippen molar-refractivity contribution in [3.8, 4) is 5.75 Å². The Bertz CT molecular complexity index is 1590. The van der Waals surface area contributed by atoms with E-state index in [0.29, 0.717) is 41.8 Å². The average molecular weight is 513 g/mol. The minimum Gasteiger partial charge on any atom is -0.427 e. The molecule has 4 aromatic rings. The molecule has 8 heteroatoms. The summed E-state index contributed by atoms with van der Waals surface area (Å²) in [6.07, 6.45) is 1.03. The van der Waals surface area contributed by atoms with Gasteiger partial charge in [-0.1, -0.05) is 18.5 Å². The van der Waals surface area contributed by atoms with Gasteiger partial charge >= 0.3 is 11.9 Å². The number of fused-ring (bicyclic) bond motifs is 3. The molecule has 0 aliphatic heterocycles. The average Bonchev–Trinajstić information content (AvgIpc) is 3.22. The van der Waals surface area contributed by atoms with Gasteiger partial charge in [-0.2, -0.15) is 0 Å². The number of rotatable bonds is 9. The van der Waals surface area contributed by atoms with Gasteiger partial charge in [0.1, 0.15) is 11.5 Å². The monoisotopic (exact) mass is 512 g/mol. The van der Waals surface area contributed by atoms with Crippen LogP contribution in [-0.2, 0) is 21.0 Å². The van der Waals surface area contributed by atoms with E-state index in [2.05, 4.69) is 9.72 Å². The van der Waals surface area contributed by atoms with Crippen LogP contribution in [0, 0.1) is 0 Å². The van der Waals surface area contributed by atoms with Gasteiger partial charge < -0.3 is 14.1 Å². The van der Waals surface area contributed by atoms with Crippen molar-refractivity contribution >= 4 is 51.0 Å². The largest absolute Gasteiger partial charge is 0.427 e. The van der Waals surface area contributed by atoms with Crippen molar-refractivity contribution in [2.75, 3.05) is 0 Å². The third-order valence-electron chi connectivity index (χ3n) is 6.12. The number of oxime groups is 1. The Morgan fingerprint density at radius 1 is 0.763 bits per heavy atom. The molecule has 0 saturated heterocycles. The molecule has 0 saturated carbocycles. The molecular formula is C30H28N2O6. The van der Waals surface area contributed by atoms with Crippen molar-refractivity contribution in [1.82, 2.24) is 4.57 Å². The molecule has 194 valence electrons. The van der Waals surface area contributed by atoms with E-state index in [4.69, 9.17) is 9.57 Å². The number of esters is 1. The molecule has 0 aliphatic rings. The minimum atomic E-state index is -0.592. The predicted octanol–water partition coefficient (Wildman–Crippen LogP) is 5.87. The first-order valence-electron chi connectivity index (χ1n) is 12.4. The van der Waals surface area contributed by atoms with Crippen molar-refractivity contribution in [3.63, 3.8) is 0 Å². The Morgan fingerprint density at radius 3 is 1.89 bits per heavy atom. The van der Waals surface area contributed by atoms with Crippen LogP contribution in [0.15, 0.2) is 65.8 Å². The van der Waals surface area contributed by atoms with Crippen molar-refractivity contribution in [3.05, 3.63) is 77.4 Å². The molecule has 1 heterocycles. The summed E-state index contributed by atoms with van der Waals surface area (Å²) in [5.74, 6) is -1.14. The molecule has 4 rings (SSSR count). The van der Waals surface area contributed by atoms with Gasteiger partial charge in [-0.05, 0) is 74.0 Å². The third-order valence-corrected chi connectivity index (χ3v) is 6.12. The number of carbonyl (C=O) groups excluding carboxylic acids is 4. The number of aryl methyl sites for hydroxylation is 1. The van der Waals surface area contributed by atoms with E-state index in [9.17, 15) is 19.2 Å². The topological polar surface area (TPSA) is 104 Å². The zero-order chi connectivity index (χ0) is 27.4. The van der Waals surface area contributed by atoms with Gasteiger partial charge in [-0.3, -0.25) is 14.4 Å². The SMILES string of the molecule is CCC/C(=N\OC(C)=O)C(=O)c1ccc2c(c1)c1cc(C(=O)c3ccc(OC(C)=O)cc3)ccc1n2CC. The molecule has 38 heavy (non-hydrogen) atoms. The lowest BCUT2D eigenvalue weighted by atomic mass is 9.99. The lowest BCUT2D eigenvalue weighted by Gasteiger charge is -2.06. The molecule has 0 fully saturated rings. The number of ketones is 2. The molecule has 0 amide bonds. The van der Waals surface area contributed by atoms with Crippen LogP contribution in [0.4, 0.5) is 0 Å². The summed E-state index contributed by atoms with van der Waals surface area (Å²) >= 11 is 0. The number of carbonyl (C=O) groups is 4. The summed E-state index contributed by atoms with van der Waals surface area (Å²) in [4.78, 5) is 53.7. The number of Topliss-reactive ketones (excluding diaryl/α,β-unsaturated/α-hetero) is 1. The van der Waals surface area contributed by atoms with E-state index < -0.39 is 11.9 Å². The third kappa shape index (κ3) is 5.39. The summed E-state index contributed by atoms with van der Waals surface area (Å²) in [5.41, 5.74) is 3.42. The van der Waals surface area contributed by atoms with E-state index in [0.717, 1.165) is 21.8 Å². The second-order valence-corrected chi connectivity index (χ2v) is 8.86. The summed E-state index contributed by atoms with van der Waals surface area (Å²) in [5, 5.41) is 5.46. The molecular weight excluding hydrogens is 484 g/mol. The maximum absolute atomic E-state index is 13.3. The van der Waals surface area contributed by atoms with E-state index >= 15 is 0 Å². The molecule has 3 aromatic carbocycles. The fraction of sp³-hybridized carbons (Fsp3) is 0.233. The molecule has 8 nitrogen and oxygen atoms in total. The smallest absolute Gasteiger partial charge is 0.331 e. The number of ether oxygens (including phenoxy) is 1. The lowest BCUT2D eigenvalue weighted by molar-refractivity contribution is -0.141. The highest BCUT2D eigenvalue weighted by atomic mass is 16.7. The summed E-state index contributed by atoms with van der Waals surface area (Å²) in [6.45, 7) is 7.20. The van der Waals surface area contributed by atoms with Crippen molar-refractivity contribution in [2.45, 2.75) is 47.1 Å². The minimum absolute atomic E-state index is 0.175. The van der Waals surface area contributed by atoms with Gasteiger partial charge in [0.05, 0.1) is 0 Å². The fourth-order valence-corrected chi connectivity index (χ4v) is 4.46. The van der Waals surface area contributed by atoms with Gasteiger partial charge in [0.25, 0.3) is 0 Å². The summed E-state index contributed by atoms with van der Waals surface area (Å²) < 4.78 is 7.18. The number of aromatic nitrogens is 1. The van der Waals surface area contributed by atoms with Crippen LogP contribution in [0.1, 0.15) is 66.8 Å². The second-order valence-electron chi connectivity index (χ2n) is 8.86. The molecule has 0 bridgehead atoms. The standard InChI is InChI=1S/C30H28N2O6/c1-5-7-26(31-38-19(4)34)30(36)22-11-15-28-25(17-22)24-16-21(10-14-27(24)32(28)6-2)29(35)20-8-12-23(13-9-20)37-18(3)33/h8-17H,5-7H2,1-4H3/b31-26+. The highest BCUT2D eigenvalue weighted by Crippen LogP contribution is 2.32. The maximum atomic E-state index is 13.3. The highest BCUT2D eigenvalue weighted by molar-refractivity contribution is 6.46. The Balaban J connectivity index is 1.77. The first-order chi connectivity index (χ1) is 18.2. The number of hydrogen-bond donors (Lipinski definition) is 0. The van der Waals surface area contributed by atoms with Crippen LogP contribution in [-0.4, -0.2) is 33.8 Å². The Morgan fingerprint density at radius 2 is 1.34 bits per heavy atom. The molecule has 0 atom stereocenters. The van der Waals surface area contributed by atoms with E-state index in [-0.39, 0.29) is 17.3 Å².